The molecule has 3 heterocycles. The lowest BCUT2D eigenvalue weighted by Crippen LogP contribution is -2.29. The van der Waals surface area contributed by atoms with E-state index in [1.807, 2.05) is 6.92 Å². The number of nitrogens with one attached hydrogen (secondary N) is 1. The van der Waals surface area contributed by atoms with Crippen LogP contribution in [0.15, 0.2) is 39.9 Å². The molecule has 1 amide bonds. The Morgan fingerprint density at radius 3 is 2.92 bits per heavy atom. The molecule has 0 saturated heterocycles. The summed E-state index contributed by atoms with van der Waals surface area (Å²) in [5.41, 5.74) is 6.38. The third-order valence-corrected chi connectivity index (χ3v) is 4.63. The predicted molar refractivity (Wildman–Crippen MR) is 91.9 cm³/mol. The number of amidine groups is 1. The molecule has 9 heteroatoms. The van der Waals surface area contributed by atoms with Crippen LogP contribution in [-0.2, 0) is 5.54 Å². The number of halogens is 2. The van der Waals surface area contributed by atoms with Crippen molar-refractivity contribution in [1.29, 1.82) is 0 Å². The molecule has 25 heavy (non-hydrogen) atoms. The van der Waals surface area contributed by atoms with Gasteiger partial charge in [0.05, 0.1) is 5.69 Å². The van der Waals surface area contributed by atoms with Crippen molar-refractivity contribution < 1.29 is 18.0 Å². The zero-order chi connectivity index (χ0) is 18.0. The van der Waals surface area contributed by atoms with Gasteiger partial charge >= 0.3 is 0 Å². The van der Waals surface area contributed by atoms with Crippen molar-refractivity contribution in [1.82, 2.24) is 4.98 Å². The van der Waals surface area contributed by atoms with Crippen LogP contribution >= 0.6 is 11.8 Å². The number of amides is 1. The van der Waals surface area contributed by atoms with Gasteiger partial charge in [-0.25, -0.2) is 13.8 Å². The average molecular weight is 366 g/mol. The van der Waals surface area contributed by atoms with Gasteiger partial charge in [0.15, 0.2) is 16.7 Å². The second-order valence-electron chi connectivity index (χ2n) is 5.71. The van der Waals surface area contributed by atoms with Gasteiger partial charge in [0, 0.05) is 17.6 Å². The van der Waals surface area contributed by atoms with E-state index in [-0.39, 0.29) is 5.76 Å². The molecular weight excluding hydrogens is 350 g/mol. The first-order valence-electron chi connectivity index (χ1n) is 7.51. The highest BCUT2D eigenvalue weighted by molar-refractivity contribution is 8.13. The lowest BCUT2D eigenvalue weighted by atomic mass is 9.94. The number of furan rings is 1. The number of nitrogens with zero attached hydrogens (tertiary/aromatic N) is 2. The van der Waals surface area contributed by atoms with Crippen LogP contribution in [-0.4, -0.2) is 21.8 Å². The molecule has 1 aliphatic heterocycles. The third-order valence-electron chi connectivity index (χ3n) is 3.83. The van der Waals surface area contributed by atoms with Gasteiger partial charge in [-0.05, 0) is 37.6 Å². The van der Waals surface area contributed by atoms with Crippen LogP contribution in [0.5, 0.6) is 0 Å². The van der Waals surface area contributed by atoms with Crippen molar-refractivity contribution in [2.24, 2.45) is 10.7 Å². The minimum atomic E-state index is -2.76. The van der Waals surface area contributed by atoms with Crippen LogP contribution in [0.2, 0.25) is 0 Å². The van der Waals surface area contributed by atoms with Crippen LogP contribution in [0.3, 0.4) is 0 Å². The topological polar surface area (TPSA) is 93.5 Å². The molecular formula is C16H16F2N4O2S. The van der Waals surface area contributed by atoms with Gasteiger partial charge in [0.2, 0.25) is 0 Å². The number of hydrogen-bond acceptors (Lipinski definition) is 6. The average Bonchev–Trinajstić information content (AvgIpc) is 3.05. The van der Waals surface area contributed by atoms with Crippen molar-refractivity contribution in [3.05, 3.63) is 47.7 Å². The highest BCUT2D eigenvalue weighted by Crippen LogP contribution is 2.34. The molecule has 1 atom stereocenters. The zero-order valence-corrected chi connectivity index (χ0v) is 14.1. The maximum atomic E-state index is 12.5. The quantitative estimate of drug-likeness (QED) is 0.863. The number of aliphatic imine (C=N–C) groups is 1. The van der Waals surface area contributed by atoms with E-state index in [0.29, 0.717) is 16.5 Å². The molecule has 0 aliphatic carbocycles. The first kappa shape index (κ1) is 17.4. The Morgan fingerprint density at radius 2 is 2.24 bits per heavy atom. The van der Waals surface area contributed by atoms with Gasteiger partial charge in [-0.15, -0.1) is 0 Å². The summed E-state index contributed by atoms with van der Waals surface area (Å²) in [5.74, 6) is -0.516. The third kappa shape index (κ3) is 3.81. The standard InChI is InChI=1S/C16H16F2N4O2S/c1-16(5-7-25-15(19)22-16)12-8-9(4-6-20-12)21-14(23)11-3-2-10(24-11)13(17)18/h2-4,6,8,13H,5,7H2,1H3,(H2,19,22)(H,20,21,23)/t16-/m0/s1. The maximum absolute atomic E-state index is 12.5. The highest BCUT2D eigenvalue weighted by Gasteiger charge is 2.31. The molecule has 3 rings (SSSR count). The summed E-state index contributed by atoms with van der Waals surface area (Å²) in [6.45, 7) is 1.93. The Hall–Kier alpha value is -2.42. The Labute approximate surface area is 146 Å². The van der Waals surface area contributed by atoms with E-state index >= 15 is 0 Å². The molecule has 0 saturated carbocycles. The monoisotopic (exact) mass is 366 g/mol. The minimum Gasteiger partial charge on any atom is -0.450 e. The zero-order valence-electron chi connectivity index (χ0n) is 13.3. The summed E-state index contributed by atoms with van der Waals surface area (Å²) in [5, 5.41) is 3.12. The number of aromatic nitrogens is 1. The second kappa shape index (κ2) is 6.83. The van der Waals surface area contributed by atoms with Gasteiger partial charge in [-0.1, -0.05) is 11.8 Å². The number of thioether (sulfide) groups is 1. The van der Waals surface area contributed by atoms with Crippen LogP contribution in [0.4, 0.5) is 14.5 Å². The normalized spacial score (nSPS) is 20.4. The molecule has 0 spiro atoms. The summed E-state index contributed by atoms with van der Waals surface area (Å²) < 4.78 is 29.9. The molecule has 132 valence electrons. The number of alkyl halides is 2. The number of nitrogens with two attached hydrogens (primary N) is 1. The number of carbonyl (C=O) groups is 1. The van der Waals surface area contributed by atoms with E-state index in [1.165, 1.54) is 17.8 Å². The Bertz CT molecular complexity index is 824. The fourth-order valence-corrected chi connectivity index (χ4v) is 3.43. The molecule has 3 N–H and O–H groups in total. The van der Waals surface area contributed by atoms with Crippen molar-refractivity contribution in [3.8, 4) is 0 Å². The summed E-state index contributed by atoms with van der Waals surface area (Å²) >= 11 is 1.49. The summed E-state index contributed by atoms with van der Waals surface area (Å²) in [7, 11) is 0. The molecule has 2 aromatic heterocycles. The van der Waals surface area contributed by atoms with Crippen LogP contribution in [0.1, 0.15) is 41.8 Å². The van der Waals surface area contributed by atoms with Crippen LogP contribution < -0.4 is 11.1 Å². The summed E-state index contributed by atoms with van der Waals surface area (Å²) in [6.07, 6.45) is -0.448. The molecule has 1 aliphatic rings. The van der Waals surface area contributed by atoms with Crippen molar-refractivity contribution in [3.63, 3.8) is 0 Å². The fraction of sp³-hybridized carbons (Fsp3) is 0.312. The van der Waals surface area contributed by atoms with E-state index in [0.717, 1.165) is 18.2 Å². The molecule has 0 radical (unpaired) electrons. The Balaban J connectivity index is 1.79. The maximum Gasteiger partial charge on any atom is 0.295 e. The van der Waals surface area contributed by atoms with Gasteiger partial charge in [-0.3, -0.25) is 9.78 Å². The summed E-state index contributed by atoms with van der Waals surface area (Å²) in [4.78, 5) is 20.9. The van der Waals surface area contributed by atoms with E-state index in [2.05, 4.69) is 15.3 Å². The molecule has 0 fully saturated rings. The number of anilines is 1. The van der Waals surface area contributed by atoms with E-state index < -0.39 is 23.6 Å². The number of rotatable bonds is 4. The van der Waals surface area contributed by atoms with E-state index in [9.17, 15) is 13.6 Å². The highest BCUT2D eigenvalue weighted by atomic mass is 32.2. The first-order valence-corrected chi connectivity index (χ1v) is 8.50. The van der Waals surface area contributed by atoms with Gasteiger partial charge in [0.25, 0.3) is 12.3 Å². The first-order chi connectivity index (χ1) is 11.9. The van der Waals surface area contributed by atoms with Crippen LogP contribution in [0, 0.1) is 0 Å². The summed E-state index contributed by atoms with van der Waals surface area (Å²) in [6, 6.07) is 5.59. The number of pyridine rings is 1. The Kier molecular flexibility index (Phi) is 4.76. The smallest absolute Gasteiger partial charge is 0.295 e. The fourth-order valence-electron chi connectivity index (χ4n) is 2.46. The minimum absolute atomic E-state index is 0.184. The number of carbonyl (C=O) groups excluding carboxylic acids is 1. The molecule has 0 bridgehead atoms. The predicted octanol–water partition coefficient (Wildman–Crippen LogP) is 3.53. The molecule has 0 unspecified atom stereocenters. The molecule has 6 nitrogen and oxygen atoms in total. The van der Waals surface area contributed by atoms with Crippen LogP contribution in [0.25, 0.3) is 0 Å². The lowest BCUT2D eigenvalue weighted by Gasteiger charge is -2.28. The van der Waals surface area contributed by atoms with E-state index in [1.54, 1.807) is 18.3 Å². The van der Waals surface area contributed by atoms with Crippen molar-refractivity contribution in [2.75, 3.05) is 11.1 Å². The van der Waals surface area contributed by atoms with E-state index in [4.69, 9.17) is 10.2 Å². The van der Waals surface area contributed by atoms with Crippen molar-refractivity contribution >= 4 is 28.5 Å². The molecule has 2 aromatic rings. The second-order valence-corrected chi connectivity index (χ2v) is 6.82. The Morgan fingerprint density at radius 1 is 1.44 bits per heavy atom. The van der Waals surface area contributed by atoms with Gasteiger partial charge in [-0.2, -0.15) is 0 Å². The largest absolute Gasteiger partial charge is 0.450 e. The number of hydrogen-bond donors (Lipinski definition) is 2. The molecule has 0 aromatic carbocycles. The lowest BCUT2D eigenvalue weighted by molar-refractivity contribution is 0.0964. The SMILES string of the molecule is C[C@@]1(c2cc(NC(=O)c3ccc(C(F)F)o3)ccn2)CCSC(N)=N1. The van der Waals surface area contributed by atoms with Gasteiger partial charge in [0.1, 0.15) is 5.54 Å². The van der Waals surface area contributed by atoms with Gasteiger partial charge < -0.3 is 15.5 Å². The van der Waals surface area contributed by atoms with Crippen molar-refractivity contribution in [2.45, 2.75) is 25.3 Å².